The van der Waals surface area contributed by atoms with Crippen LogP contribution in [0.5, 0.6) is 0 Å². The molecule has 0 spiro atoms. The van der Waals surface area contributed by atoms with Crippen molar-refractivity contribution in [2.45, 2.75) is 32.6 Å². The van der Waals surface area contributed by atoms with Crippen molar-refractivity contribution in [3.63, 3.8) is 0 Å². The van der Waals surface area contributed by atoms with Gasteiger partial charge in [0, 0.05) is 0 Å². The Balaban J connectivity index is 2.30. The molecule has 0 aliphatic heterocycles. The molecule has 0 heterocycles. The van der Waals surface area contributed by atoms with Gasteiger partial charge < -0.3 is 0 Å². The first kappa shape index (κ1) is 7.46. The van der Waals surface area contributed by atoms with Gasteiger partial charge in [0.1, 0.15) is 0 Å². The second kappa shape index (κ2) is 3.50. The Hall–Kier alpha value is 0.350. The summed E-state index contributed by atoms with van der Waals surface area (Å²) in [6, 6.07) is 0. The predicted octanol–water partition coefficient (Wildman–Crippen LogP) is 2.74. The molecule has 2 atom stereocenters. The highest BCUT2D eigenvalue weighted by molar-refractivity contribution is 7.80. The average molecular weight is 144 g/mol. The van der Waals surface area contributed by atoms with Crippen molar-refractivity contribution in [2.24, 2.45) is 11.8 Å². The molecule has 0 aromatic rings. The van der Waals surface area contributed by atoms with Gasteiger partial charge in [-0.1, -0.05) is 26.2 Å². The lowest BCUT2D eigenvalue weighted by atomic mass is 9.82. The van der Waals surface area contributed by atoms with Crippen LogP contribution in [0.2, 0.25) is 0 Å². The largest absolute Gasteiger partial charge is 0.179 e. The van der Waals surface area contributed by atoms with E-state index >= 15 is 0 Å². The van der Waals surface area contributed by atoms with Gasteiger partial charge in [0.2, 0.25) is 0 Å². The van der Waals surface area contributed by atoms with Crippen molar-refractivity contribution in [3.05, 3.63) is 0 Å². The van der Waals surface area contributed by atoms with Crippen LogP contribution >= 0.6 is 12.6 Å². The smallest absolute Gasteiger partial charge is 0.00670 e. The molecule has 9 heavy (non-hydrogen) atoms. The molecule has 0 aromatic carbocycles. The molecule has 1 fully saturated rings. The number of rotatable bonds is 1. The molecule has 54 valence electrons. The van der Waals surface area contributed by atoms with E-state index in [1.807, 2.05) is 0 Å². The summed E-state index contributed by atoms with van der Waals surface area (Å²) in [5.74, 6) is 2.96. The Morgan fingerprint density at radius 2 is 2.00 bits per heavy atom. The molecule has 0 aromatic heterocycles. The molecule has 1 rings (SSSR count). The van der Waals surface area contributed by atoms with E-state index in [-0.39, 0.29) is 0 Å². The Morgan fingerprint density at radius 3 is 2.44 bits per heavy atom. The van der Waals surface area contributed by atoms with Crippen LogP contribution in [-0.2, 0) is 0 Å². The molecule has 0 bridgehead atoms. The van der Waals surface area contributed by atoms with E-state index in [1.54, 1.807) is 0 Å². The lowest BCUT2D eigenvalue weighted by Gasteiger charge is -2.26. The van der Waals surface area contributed by atoms with Crippen molar-refractivity contribution in [1.82, 2.24) is 0 Å². The van der Waals surface area contributed by atoms with Gasteiger partial charge in [0.05, 0.1) is 0 Å². The Labute approximate surface area is 63.4 Å². The number of hydrogen-bond donors (Lipinski definition) is 1. The fraction of sp³-hybridized carbons (Fsp3) is 1.00. The van der Waals surface area contributed by atoms with Gasteiger partial charge in [0.15, 0.2) is 0 Å². The van der Waals surface area contributed by atoms with Gasteiger partial charge in [-0.2, -0.15) is 12.6 Å². The van der Waals surface area contributed by atoms with Gasteiger partial charge in [-0.15, -0.1) is 0 Å². The first-order valence-electron chi connectivity index (χ1n) is 3.95. The fourth-order valence-electron chi connectivity index (χ4n) is 1.66. The molecular formula is C8H16S. The third-order valence-electron chi connectivity index (χ3n) is 2.52. The molecule has 0 amide bonds. The van der Waals surface area contributed by atoms with Crippen molar-refractivity contribution in [2.75, 3.05) is 5.75 Å². The van der Waals surface area contributed by atoms with Gasteiger partial charge in [0.25, 0.3) is 0 Å². The standard InChI is InChI=1S/C8H16S/c1-7-4-2-3-5-8(7)6-9/h7-9H,2-6H2,1H3. The minimum Gasteiger partial charge on any atom is -0.179 e. The van der Waals surface area contributed by atoms with Crippen molar-refractivity contribution >= 4 is 12.6 Å². The number of hydrogen-bond acceptors (Lipinski definition) is 1. The van der Waals surface area contributed by atoms with Crippen molar-refractivity contribution < 1.29 is 0 Å². The van der Waals surface area contributed by atoms with Crippen LogP contribution in [0.1, 0.15) is 32.6 Å². The maximum absolute atomic E-state index is 4.32. The Bertz CT molecular complexity index is 80.6. The zero-order valence-corrected chi connectivity index (χ0v) is 7.03. The molecule has 0 N–H and O–H groups in total. The number of thiol groups is 1. The van der Waals surface area contributed by atoms with Gasteiger partial charge in [-0.3, -0.25) is 0 Å². The molecule has 2 unspecified atom stereocenters. The third kappa shape index (κ3) is 1.89. The van der Waals surface area contributed by atoms with E-state index in [0.717, 1.165) is 17.6 Å². The summed E-state index contributed by atoms with van der Waals surface area (Å²) in [5, 5.41) is 0. The lowest BCUT2D eigenvalue weighted by molar-refractivity contribution is 0.282. The van der Waals surface area contributed by atoms with Gasteiger partial charge in [-0.25, -0.2) is 0 Å². The molecule has 1 aliphatic rings. The van der Waals surface area contributed by atoms with E-state index in [4.69, 9.17) is 0 Å². The Kier molecular flexibility index (Phi) is 2.90. The van der Waals surface area contributed by atoms with E-state index in [2.05, 4.69) is 19.6 Å². The maximum Gasteiger partial charge on any atom is -0.00670 e. The van der Waals surface area contributed by atoms with Crippen LogP contribution in [0, 0.1) is 11.8 Å². The van der Waals surface area contributed by atoms with E-state index in [9.17, 15) is 0 Å². The molecule has 0 radical (unpaired) electrons. The average Bonchev–Trinajstić information content (AvgIpc) is 1.89. The zero-order valence-electron chi connectivity index (χ0n) is 6.14. The summed E-state index contributed by atoms with van der Waals surface area (Å²) in [6.45, 7) is 2.36. The van der Waals surface area contributed by atoms with E-state index in [0.29, 0.717) is 0 Å². The highest BCUT2D eigenvalue weighted by Gasteiger charge is 2.18. The summed E-state index contributed by atoms with van der Waals surface area (Å²) in [7, 11) is 0. The van der Waals surface area contributed by atoms with Gasteiger partial charge in [-0.05, 0) is 24.0 Å². The fourth-order valence-corrected chi connectivity index (χ4v) is 2.21. The normalized spacial score (nSPS) is 36.7. The van der Waals surface area contributed by atoms with Crippen LogP contribution in [0.4, 0.5) is 0 Å². The maximum atomic E-state index is 4.32. The summed E-state index contributed by atoms with van der Waals surface area (Å²) in [6.07, 6.45) is 5.75. The Morgan fingerprint density at radius 1 is 1.33 bits per heavy atom. The topological polar surface area (TPSA) is 0 Å². The lowest BCUT2D eigenvalue weighted by Crippen LogP contribution is -2.17. The first-order chi connectivity index (χ1) is 4.34. The quantitative estimate of drug-likeness (QED) is 0.537. The van der Waals surface area contributed by atoms with Crippen molar-refractivity contribution in [1.29, 1.82) is 0 Å². The molecule has 0 saturated heterocycles. The van der Waals surface area contributed by atoms with Crippen LogP contribution in [0.15, 0.2) is 0 Å². The van der Waals surface area contributed by atoms with E-state index < -0.39 is 0 Å². The van der Waals surface area contributed by atoms with Crippen LogP contribution in [-0.4, -0.2) is 5.75 Å². The molecule has 0 nitrogen and oxygen atoms in total. The SMILES string of the molecule is CC1CCCCC1CS. The van der Waals surface area contributed by atoms with Crippen LogP contribution < -0.4 is 0 Å². The molecule has 1 aliphatic carbocycles. The van der Waals surface area contributed by atoms with E-state index in [1.165, 1.54) is 25.7 Å². The summed E-state index contributed by atoms with van der Waals surface area (Å²) in [5.41, 5.74) is 0. The zero-order chi connectivity index (χ0) is 6.69. The second-order valence-corrected chi connectivity index (χ2v) is 3.57. The highest BCUT2D eigenvalue weighted by atomic mass is 32.1. The summed E-state index contributed by atoms with van der Waals surface area (Å²) in [4.78, 5) is 0. The minimum atomic E-state index is 0.919. The molecule has 1 saturated carbocycles. The first-order valence-corrected chi connectivity index (χ1v) is 4.58. The van der Waals surface area contributed by atoms with Crippen LogP contribution in [0.3, 0.4) is 0 Å². The van der Waals surface area contributed by atoms with Crippen molar-refractivity contribution in [3.8, 4) is 0 Å². The second-order valence-electron chi connectivity index (χ2n) is 3.20. The summed E-state index contributed by atoms with van der Waals surface area (Å²) < 4.78 is 0. The minimum absolute atomic E-state index is 0.919. The monoisotopic (exact) mass is 144 g/mol. The van der Waals surface area contributed by atoms with Crippen LogP contribution in [0.25, 0.3) is 0 Å². The van der Waals surface area contributed by atoms with Gasteiger partial charge >= 0.3 is 0 Å². The highest BCUT2D eigenvalue weighted by Crippen LogP contribution is 2.29. The third-order valence-corrected chi connectivity index (χ3v) is 2.99. The molecular weight excluding hydrogens is 128 g/mol. The predicted molar refractivity (Wildman–Crippen MR) is 45.0 cm³/mol. The summed E-state index contributed by atoms with van der Waals surface area (Å²) >= 11 is 4.32. The molecule has 1 heteroatoms.